The molecule has 1 aliphatic heterocycles. The minimum Gasteiger partial charge on any atom is -0.382 e. The lowest BCUT2D eigenvalue weighted by atomic mass is 9.99. The molecule has 3 N–H and O–H groups in total. The molecule has 1 aliphatic rings. The van der Waals surface area contributed by atoms with E-state index in [1.54, 1.807) is 0 Å². The second-order valence-electron chi connectivity index (χ2n) is 5.56. The SMILES string of the molecule is Nc1nn2c(c1Cc1cccc3ccccc13)NC(=O)CC2=O. The van der Waals surface area contributed by atoms with Gasteiger partial charge < -0.3 is 11.1 Å². The maximum Gasteiger partial charge on any atom is 0.258 e. The zero-order valence-electron chi connectivity index (χ0n) is 12.2. The standard InChI is InChI=1S/C17H14N4O2/c18-16-13(17-19-14(22)9-15(23)21(17)20-16)8-11-6-3-5-10-4-1-2-7-12(10)11/h1-7H,8-9H2,(H2,18,20)(H,19,22). The number of hydrogen-bond acceptors (Lipinski definition) is 4. The van der Waals surface area contributed by atoms with E-state index in [0.717, 1.165) is 16.3 Å². The monoisotopic (exact) mass is 306 g/mol. The molecular formula is C17H14N4O2. The second kappa shape index (κ2) is 4.95. The van der Waals surface area contributed by atoms with Crippen LogP contribution in [0.5, 0.6) is 0 Å². The number of carbonyl (C=O) groups excluding carboxylic acids is 2. The number of nitrogens with two attached hydrogens (primary N) is 1. The summed E-state index contributed by atoms with van der Waals surface area (Å²) in [5.74, 6) is -0.0404. The fourth-order valence-corrected chi connectivity index (χ4v) is 2.98. The molecule has 0 saturated heterocycles. The second-order valence-corrected chi connectivity index (χ2v) is 5.56. The van der Waals surface area contributed by atoms with Gasteiger partial charge in [0.1, 0.15) is 12.2 Å². The number of aromatic nitrogens is 2. The van der Waals surface area contributed by atoms with E-state index in [1.807, 2.05) is 42.5 Å². The van der Waals surface area contributed by atoms with Gasteiger partial charge in [-0.25, -0.2) is 0 Å². The molecule has 0 radical (unpaired) electrons. The highest BCUT2D eigenvalue weighted by atomic mass is 16.2. The lowest BCUT2D eigenvalue weighted by Crippen LogP contribution is -2.30. The van der Waals surface area contributed by atoms with Crippen molar-refractivity contribution in [3.63, 3.8) is 0 Å². The van der Waals surface area contributed by atoms with Gasteiger partial charge >= 0.3 is 0 Å². The van der Waals surface area contributed by atoms with Crippen LogP contribution in [0.3, 0.4) is 0 Å². The number of hydrogen-bond donors (Lipinski definition) is 2. The van der Waals surface area contributed by atoms with Crippen LogP contribution >= 0.6 is 0 Å². The molecule has 2 aromatic carbocycles. The molecule has 23 heavy (non-hydrogen) atoms. The molecule has 4 rings (SSSR count). The Kier molecular flexibility index (Phi) is 2.90. The van der Waals surface area contributed by atoms with Gasteiger partial charge in [-0.2, -0.15) is 4.68 Å². The Hall–Kier alpha value is -3.15. The first kappa shape index (κ1) is 13.5. The van der Waals surface area contributed by atoms with Crippen LogP contribution in [-0.4, -0.2) is 21.6 Å². The van der Waals surface area contributed by atoms with E-state index in [4.69, 9.17) is 5.73 Å². The van der Waals surface area contributed by atoms with Gasteiger partial charge in [-0.1, -0.05) is 42.5 Å². The van der Waals surface area contributed by atoms with Crippen molar-refractivity contribution in [3.8, 4) is 0 Å². The molecule has 6 heteroatoms. The summed E-state index contributed by atoms with van der Waals surface area (Å²) in [6.45, 7) is 0. The van der Waals surface area contributed by atoms with Crippen molar-refractivity contribution in [2.45, 2.75) is 12.8 Å². The fraction of sp³-hybridized carbons (Fsp3) is 0.118. The summed E-state index contributed by atoms with van der Waals surface area (Å²) >= 11 is 0. The summed E-state index contributed by atoms with van der Waals surface area (Å²) in [7, 11) is 0. The van der Waals surface area contributed by atoms with Crippen LogP contribution < -0.4 is 11.1 Å². The summed E-state index contributed by atoms with van der Waals surface area (Å²) in [4.78, 5) is 23.6. The third-order valence-electron chi connectivity index (χ3n) is 4.07. The molecule has 2 heterocycles. The van der Waals surface area contributed by atoms with Gasteiger partial charge in [0, 0.05) is 12.0 Å². The summed E-state index contributed by atoms with van der Waals surface area (Å²) < 4.78 is 1.19. The van der Waals surface area contributed by atoms with Crippen molar-refractivity contribution in [1.29, 1.82) is 0 Å². The van der Waals surface area contributed by atoms with Gasteiger partial charge in [-0.15, -0.1) is 5.10 Å². The van der Waals surface area contributed by atoms with E-state index in [1.165, 1.54) is 4.68 Å². The highest BCUT2D eigenvalue weighted by Gasteiger charge is 2.28. The van der Waals surface area contributed by atoms with Crippen molar-refractivity contribution >= 4 is 34.2 Å². The summed E-state index contributed by atoms with van der Waals surface area (Å²) in [5, 5.41) is 9.02. The topological polar surface area (TPSA) is 90.0 Å². The number of nitrogens with one attached hydrogen (secondary N) is 1. The first-order chi connectivity index (χ1) is 11.1. The first-order valence-corrected chi connectivity index (χ1v) is 7.30. The van der Waals surface area contributed by atoms with Gasteiger partial charge in [0.15, 0.2) is 5.82 Å². The maximum atomic E-state index is 11.9. The summed E-state index contributed by atoms with van der Waals surface area (Å²) in [5.41, 5.74) is 7.72. The van der Waals surface area contributed by atoms with Gasteiger partial charge in [0.05, 0.1) is 0 Å². The Morgan fingerprint density at radius 1 is 1.13 bits per heavy atom. The van der Waals surface area contributed by atoms with Crippen LogP contribution in [0.15, 0.2) is 42.5 Å². The molecule has 0 saturated carbocycles. The number of nitrogen functional groups attached to an aromatic ring is 1. The molecule has 0 bridgehead atoms. The quantitative estimate of drug-likeness (QED) is 0.710. The zero-order chi connectivity index (χ0) is 16.0. The van der Waals surface area contributed by atoms with Gasteiger partial charge in [-0.05, 0) is 16.3 Å². The van der Waals surface area contributed by atoms with Crippen molar-refractivity contribution in [3.05, 3.63) is 53.6 Å². The highest BCUT2D eigenvalue weighted by Crippen LogP contribution is 2.30. The molecule has 0 aliphatic carbocycles. The van der Waals surface area contributed by atoms with Gasteiger partial charge in [0.25, 0.3) is 5.91 Å². The van der Waals surface area contributed by atoms with Crippen LogP contribution in [0, 0.1) is 0 Å². The first-order valence-electron chi connectivity index (χ1n) is 7.30. The van der Waals surface area contributed by atoms with Gasteiger partial charge in [-0.3, -0.25) is 9.59 Å². The average molecular weight is 306 g/mol. The molecule has 1 amide bonds. The van der Waals surface area contributed by atoms with E-state index >= 15 is 0 Å². The minimum atomic E-state index is -0.361. The van der Waals surface area contributed by atoms with Crippen LogP contribution in [0.2, 0.25) is 0 Å². The highest BCUT2D eigenvalue weighted by molar-refractivity contribution is 6.09. The molecule has 3 aromatic rings. The Morgan fingerprint density at radius 3 is 2.78 bits per heavy atom. The largest absolute Gasteiger partial charge is 0.382 e. The van der Waals surface area contributed by atoms with E-state index in [-0.39, 0.29) is 24.1 Å². The van der Waals surface area contributed by atoms with E-state index in [2.05, 4.69) is 10.4 Å². The Labute approximate surface area is 131 Å². The Balaban J connectivity index is 1.83. The molecule has 0 spiro atoms. The third-order valence-corrected chi connectivity index (χ3v) is 4.07. The smallest absolute Gasteiger partial charge is 0.258 e. The lowest BCUT2D eigenvalue weighted by molar-refractivity contribution is -0.115. The van der Waals surface area contributed by atoms with E-state index in [0.29, 0.717) is 17.8 Å². The number of anilines is 2. The molecule has 114 valence electrons. The lowest BCUT2D eigenvalue weighted by Gasteiger charge is -2.14. The minimum absolute atomic E-state index is 0.207. The molecule has 0 unspecified atom stereocenters. The predicted octanol–water partition coefficient (Wildman–Crippen LogP) is 2.19. The van der Waals surface area contributed by atoms with E-state index < -0.39 is 0 Å². The molecular weight excluding hydrogens is 292 g/mol. The van der Waals surface area contributed by atoms with Crippen molar-refractivity contribution in [2.75, 3.05) is 11.1 Å². The van der Waals surface area contributed by atoms with Crippen molar-refractivity contribution < 1.29 is 9.59 Å². The van der Waals surface area contributed by atoms with Gasteiger partial charge in [0.2, 0.25) is 5.91 Å². The zero-order valence-corrected chi connectivity index (χ0v) is 12.2. The number of nitrogens with zero attached hydrogens (tertiary/aromatic N) is 2. The number of rotatable bonds is 2. The van der Waals surface area contributed by atoms with Crippen molar-refractivity contribution in [2.24, 2.45) is 0 Å². The summed E-state index contributed by atoms with van der Waals surface area (Å²) in [6, 6.07) is 14.1. The van der Waals surface area contributed by atoms with Crippen LogP contribution in [0.4, 0.5) is 11.6 Å². The fourth-order valence-electron chi connectivity index (χ4n) is 2.98. The predicted molar refractivity (Wildman–Crippen MR) is 87.3 cm³/mol. The number of fused-ring (bicyclic) bond motifs is 2. The van der Waals surface area contributed by atoms with Crippen LogP contribution in [0.25, 0.3) is 10.8 Å². The average Bonchev–Trinajstić information content (AvgIpc) is 2.85. The number of amides is 1. The summed E-state index contributed by atoms with van der Waals surface area (Å²) in [6.07, 6.45) is 0.290. The normalized spacial score (nSPS) is 13.9. The van der Waals surface area contributed by atoms with Crippen LogP contribution in [0.1, 0.15) is 22.3 Å². The third kappa shape index (κ3) is 2.15. The van der Waals surface area contributed by atoms with Crippen molar-refractivity contribution in [1.82, 2.24) is 9.78 Å². The van der Waals surface area contributed by atoms with E-state index in [9.17, 15) is 9.59 Å². The molecule has 6 nitrogen and oxygen atoms in total. The number of benzene rings is 2. The molecule has 1 aromatic heterocycles. The maximum absolute atomic E-state index is 11.9. The van der Waals surface area contributed by atoms with Crippen LogP contribution in [-0.2, 0) is 11.2 Å². The Morgan fingerprint density at radius 2 is 1.91 bits per heavy atom. The molecule has 0 atom stereocenters. The Bertz CT molecular complexity index is 953. The molecule has 0 fully saturated rings. The number of carbonyl (C=O) groups is 2.